The maximum Gasteiger partial charge on any atom is 0.269 e. The Bertz CT molecular complexity index is 1340. The van der Waals surface area contributed by atoms with E-state index in [0.29, 0.717) is 71.3 Å². The summed E-state index contributed by atoms with van der Waals surface area (Å²) in [7, 11) is 0. The number of halogens is 1. The van der Waals surface area contributed by atoms with Crippen molar-refractivity contribution < 1.29 is 14.3 Å². The second-order valence-electron chi connectivity index (χ2n) is 7.65. The van der Waals surface area contributed by atoms with Gasteiger partial charge in [0, 0.05) is 18.3 Å². The first-order valence-corrected chi connectivity index (χ1v) is 11.3. The number of benzene rings is 2. The van der Waals surface area contributed by atoms with E-state index in [1.54, 1.807) is 29.1 Å². The van der Waals surface area contributed by atoms with Crippen LogP contribution in [-0.2, 0) is 13.2 Å². The van der Waals surface area contributed by atoms with Crippen molar-refractivity contribution in [3.63, 3.8) is 0 Å². The molecular formula is C25H22ClN5O3. The second-order valence-corrected chi connectivity index (χ2v) is 8.06. The predicted octanol–water partition coefficient (Wildman–Crippen LogP) is 4.38. The van der Waals surface area contributed by atoms with Crippen LogP contribution in [0, 0.1) is 0 Å². The largest absolute Gasteiger partial charge is 0.490 e. The molecule has 0 radical (unpaired) electrons. The molecule has 4 aromatic rings. The van der Waals surface area contributed by atoms with E-state index in [1.165, 1.54) is 0 Å². The topological polar surface area (TPSA) is 91.2 Å². The first kappa shape index (κ1) is 21.9. The fourth-order valence-electron chi connectivity index (χ4n) is 3.73. The lowest BCUT2D eigenvalue weighted by Gasteiger charge is -2.15. The van der Waals surface area contributed by atoms with E-state index in [4.69, 9.17) is 21.1 Å². The molecule has 9 heteroatoms. The van der Waals surface area contributed by atoms with E-state index in [1.807, 2.05) is 43.3 Å². The van der Waals surface area contributed by atoms with Gasteiger partial charge in [0.2, 0.25) is 0 Å². The van der Waals surface area contributed by atoms with Gasteiger partial charge in [0.05, 0.1) is 23.9 Å². The zero-order chi connectivity index (χ0) is 23.5. The molecule has 1 amide bonds. The van der Waals surface area contributed by atoms with E-state index < -0.39 is 0 Å². The number of hydrogen-bond acceptors (Lipinski definition) is 6. The van der Waals surface area contributed by atoms with Gasteiger partial charge in [-0.25, -0.2) is 9.97 Å². The minimum Gasteiger partial charge on any atom is -0.490 e. The Hall–Kier alpha value is -3.91. The molecule has 0 saturated heterocycles. The van der Waals surface area contributed by atoms with Gasteiger partial charge in [-0.1, -0.05) is 41.9 Å². The number of ether oxygens (including phenoxy) is 2. The number of aromatic nitrogens is 4. The molecule has 2 aromatic heterocycles. The Kier molecular flexibility index (Phi) is 6.14. The second kappa shape index (κ2) is 9.52. The summed E-state index contributed by atoms with van der Waals surface area (Å²) in [6.45, 7) is 3.89. The van der Waals surface area contributed by atoms with Gasteiger partial charge in [0.1, 0.15) is 18.0 Å². The van der Waals surface area contributed by atoms with Gasteiger partial charge in [-0.3, -0.25) is 9.48 Å². The van der Waals surface area contributed by atoms with E-state index in [-0.39, 0.29) is 5.91 Å². The number of hydrogen-bond donors (Lipinski definition) is 1. The average Bonchev–Trinajstić information content (AvgIpc) is 3.30. The lowest BCUT2D eigenvalue weighted by Crippen LogP contribution is -2.35. The maximum absolute atomic E-state index is 12.1. The van der Waals surface area contributed by atoms with Gasteiger partial charge in [0.15, 0.2) is 17.3 Å². The summed E-state index contributed by atoms with van der Waals surface area (Å²) >= 11 is 6.61. The van der Waals surface area contributed by atoms with Crippen molar-refractivity contribution in [3.05, 3.63) is 77.1 Å². The molecule has 1 aliphatic heterocycles. The Morgan fingerprint density at radius 3 is 2.74 bits per heavy atom. The van der Waals surface area contributed by atoms with Crippen LogP contribution >= 0.6 is 11.6 Å². The highest BCUT2D eigenvalue weighted by Crippen LogP contribution is 2.39. The van der Waals surface area contributed by atoms with E-state index in [9.17, 15) is 4.79 Å². The van der Waals surface area contributed by atoms with Crippen LogP contribution in [0.25, 0.3) is 22.8 Å². The SMILES string of the molecule is CCOc1cc(-c2nccc(-c3cc4n(n3)CCNC4=O)n2)cc(Cl)c1OCc1ccccc1. The van der Waals surface area contributed by atoms with Gasteiger partial charge in [-0.05, 0) is 36.8 Å². The monoisotopic (exact) mass is 475 g/mol. The number of carbonyl (C=O) groups excluding carboxylic acids is 1. The Morgan fingerprint density at radius 2 is 1.94 bits per heavy atom. The molecule has 0 spiro atoms. The van der Waals surface area contributed by atoms with Crippen LogP contribution in [0.1, 0.15) is 23.0 Å². The first-order valence-electron chi connectivity index (χ1n) is 11.0. The molecule has 0 aliphatic carbocycles. The Balaban J connectivity index is 1.46. The molecule has 3 heterocycles. The van der Waals surface area contributed by atoms with Crippen molar-refractivity contribution in [1.82, 2.24) is 25.1 Å². The first-order chi connectivity index (χ1) is 16.6. The quantitative estimate of drug-likeness (QED) is 0.426. The maximum atomic E-state index is 12.1. The molecule has 5 rings (SSSR count). The van der Waals surface area contributed by atoms with Crippen molar-refractivity contribution in [2.24, 2.45) is 0 Å². The molecular weight excluding hydrogens is 454 g/mol. The predicted molar refractivity (Wildman–Crippen MR) is 128 cm³/mol. The summed E-state index contributed by atoms with van der Waals surface area (Å²) in [5, 5.41) is 7.75. The summed E-state index contributed by atoms with van der Waals surface area (Å²) in [4.78, 5) is 21.2. The number of nitrogens with one attached hydrogen (secondary N) is 1. The Labute approximate surface area is 201 Å². The molecule has 0 bridgehead atoms. The average molecular weight is 476 g/mol. The third kappa shape index (κ3) is 4.45. The number of nitrogens with zero attached hydrogens (tertiary/aromatic N) is 4. The van der Waals surface area contributed by atoms with Crippen LogP contribution < -0.4 is 14.8 Å². The van der Waals surface area contributed by atoms with Crippen LogP contribution in [0.15, 0.2) is 60.8 Å². The van der Waals surface area contributed by atoms with Gasteiger partial charge in [-0.2, -0.15) is 5.10 Å². The summed E-state index contributed by atoms with van der Waals surface area (Å²) in [6, 6.07) is 16.9. The summed E-state index contributed by atoms with van der Waals surface area (Å²) < 4.78 is 13.5. The molecule has 1 N–H and O–H groups in total. The van der Waals surface area contributed by atoms with Crippen LogP contribution in [0.5, 0.6) is 11.5 Å². The van der Waals surface area contributed by atoms with Gasteiger partial charge in [-0.15, -0.1) is 0 Å². The van der Waals surface area contributed by atoms with E-state index in [2.05, 4.69) is 20.4 Å². The molecule has 34 heavy (non-hydrogen) atoms. The highest BCUT2D eigenvalue weighted by molar-refractivity contribution is 6.32. The molecule has 0 fully saturated rings. The molecule has 1 aliphatic rings. The minimum absolute atomic E-state index is 0.140. The fourth-order valence-corrected chi connectivity index (χ4v) is 4.00. The number of rotatable bonds is 7. The van der Waals surface area contributed by atoms with Crippen molar-refractivity contribution in [2.75, 3.05) is 13.2 Å². The summed E-state index contributed by atoms with van der Waals surface area (Å²) in [5.74, 6) is 1.31. The van der Waals surface area contributed by atoms with Crippen LogP contribution in [0.2, 0.25) is 5.02 Å². The van der Waals surface area contributed by atoms with Crippen molar-refractivity contribution in [2.45, 2.75) is 20.1 Å². The molecule has 0 unspecified atom stereocenters. The third-order valence-corrected chi connectivity index (χ3v) is 5.61. The lowest BCUT2D eigenvalue weighted by atomic mass is 10.1. The Morgan fingerprint density at radius 1 is 1.09 bits per heavy atom. The van der Waals surface area contributed by atoms with Gasteiger partial charge in [0.25, 0.3) is 5.91 Å². The number of carbonyl (C=O) groups is 1. The zero-order valence-corrected chi connectivity index (χ0v) is 19.2. The highest BCUT2D eigenvalue weighted by Gasteiger charge is 2.21. The van der Waals surface area contributed by atoms with Gasteiger partial charge >= 0.3 is 0 Å². The molecule has 172 valence electrons. The number of amides is 1. The normalized spacial score (nSPS) is 12.7. The van der Waals surface area contributed by atoms with E-state index >= 15 is 0 Å². The van der Waals surface area contributed by atoms with Crippen molar-refractivity contribution in [3.8, 4) is 34.3 Å². The highest BCUT2D eigenvalue weighted by atomic mass is 35.5. The smallest absolute Gasteiger partial charge is 0.269 e. The van der Waals surface area contributed by atoms with E-state index in [0.717, 1.165) is 5.56 Å². The van der Waals surface area contributed by atoms with Crippen molar-refractivity contribution >= 4 is 17.5 Å². The molecule has 8 nitrogen and oxygen atoms in total. The van der Waals surface area contributed by atoms with Crippen LogP contribution in [0.3, 0.4) is 0 Å². The third-order valence-electron chi connectivity index (χ3n) is 5.33. The lowest BCUT2D eigenvalue weighted by molar-refractivity contribution is 0.0924. The van der Waals surface area contributed by atoms with Crippen LogP contribution in [0.4, 0.5) is 0 Å². The molecule has 0 saturated carbocycles. The zero-order valence-electron chi connectivity index (χ0n) is 18.5. The van der Waals surface area contributed by atoms with Crippen molar-refractivity contribution in [1.29, 1.82) is 0 Å². The molecule has 2 aromatic carbocycles. The summed E-state index contributed by atoms with van der Waals surface area (Å²) in [6.07, 6.45) is 1.66. The van der Waals surface area contributed by atoms with Crippen LogP contribution in [-0.4, -0.2) is 38.8 Å². The standard InChI is InChI=1S/C25H22ClN5O3/c1-2-33-22-13-17(12-18(26)23(22)34-15-16-6-4-3-5-7-16)24-27-9-8-19(29-24)20-14-21-25(32)28-10-11-31(21)30-20/h3-9,12-14H,2,10-11,15H2,1H3,(H,28,32). The molecule has 0 atom stereocenters. The summed E-state index contributed by atoms with van der Waals surface area (Å²) in [5.41, 5.74) is 3.44. The van der Waals surface area contributed by atoms with Gasteiger partial charge < -0.3 is 14.8 Å². The fraction of sp³-hybridized carbons (Fsp3) is 0.200. The minimum atomic E-state index is -0.140. The number of fused-ring (bicyclic) bond motifs is 1.